The molecule has 4 aromatic rings. The largest absolute Gasteiger partial charge is 0.451 e. The van der Waals surface area contributed by atoms with Crippen LogP contribution in [0, 0.1) is 0 Å². The Kier molecular flexibility index (Phi) is 5.95. The van der Waals surface area contributed by atoms with Crippen LogP contribution in [0.25, 0.3) is 11.3 Å². The van der Waals surface area contributed by atoms with Crippen LogP contribution < -0.4 is 10.6 Å². The predicted molar refractivity (Wildman–Crippen MR) is 116 cm³/mol. The van der Waals surface area contributed by atoms with Gasteiger partial charge >= 0.3 is 6.18 Å². The summed E-state index contributed by atoms with van der Waals surface area (Å²) >= 11 is 0. The Bertz CT molecular complexity index is 1300. The Labute approximate surface area is 186 Å². The normalized spacial score (nSPS) is 11.1. The molecule has 0 spiro atoms. The van der Waals surface area contributed by atoms with Crippen molar-refractivity contribution in [3.05, 3.63) is 102 Å². The van der Waals surface area contributed by atoms with E-state index in [1.165, 1.54) is 30.5 Å². The minimum absolute atomic E-state index is 0.0767. The summed E-state index contributed by atoms with van der Waals surface area (Å²) in [5.41, 5.74) is 0.605. The molecule has 2 aromatic carbocycles. The van der Waals surface area contributed by atoms with Gasteiger partial charge in [-0.1, -0.05) is 18.2 Å². The van der Waals surface area contributed by atoms with Crippen molar-refractivity contribution >= 4 is 23.2 Å². The van der Waals surface area contributed by atoms with Crippen molar-refractivity contribution in [2.75, 3.05) is 10.6 Å². The van der Waals surface area contributed by atoms with Crippen LogP contribution in [-0.2, 0) is 6.18 Å². The van der Waals surface area contributed by atoms with Gasteiger partial charge in [0.1, 0.15) is 5.76 Å². The van der Waals surface area contributed by atoms with E-state index in [9.17, 15) is 22.8 Å². The van der Waals surface area contributed by atoms with Crippen LogP contribution >= 0.6 is 0 Å². The summed E-state index contributed by atoms with van der Waals surface area (Å²) < 4.78 is 44.3. The van der Waals surface area contributed by atoms with Crippen molar-refractivity contribution in [2.24, 2.45) is 0 Å². The van der Waals surface area contributed by atoms with Gasteiger partial charge in [0.25, 0.3) is 11.8 Å². The fourth-order valence-corrected chi connectivity index (χ4v) is 3.03. The molecule has 0 saturated heterocycles. The molecule has 6 nitrogen and oxygen atoms in total. The fraction of sp³-hybridized carbons (Fsp3) is 0.0417. The number of carbonyl (C=O) groups excluding carboxylic acids is 2. The number of nitrogens with one attached hydrogen (secondary N) is 2. The lowest BCUT2D eigenvalue weighted by Crippen LogP contribution is -2.13. The molecule has 0 unspecified atom stereocenters. The molecule has 2 heterocycles. The molecule has 0 fully saturated rings. The van der Waals surface area contributed by atoms with Gasteiger partial charge in [0, 0.05) is 29.3 Å². The van der Waals surface area contributed by atoms with E-state index in [1.54, 1.807) is 42.6 Å². The second-order valence-corrected chi connectivity index (χ2v) is 6.97. The maximum absolute atomic E-state index is 12.9. The molecule has 2 N–H and O–H groups in total. The molecule has 0 atom stereocenters. The number of furan rings is 1. The SMILES string of the molecule is O=C(Nc1cccc(NC(=O)c2ccc(-c3cccc(C(F)(F)F)c3)o2)c1)c1cccnc1. The summed E-state index contributed by atoms with van der Waals surface area (Å²) in [6.07, 6.45) is -1.50. The smallest absolute Gasteiger partial charge is 0.416 e. The van der Waals surface area contributed by atoms with Crippen molar-refractivity contribution in [2.45, 2.75) is 6.18 Å². The molecule has 0 aliphatic carbocycles. The number of pyridine rings is 1. The molecule has 0 radical (unpaired) electrons. The first kappa shape index (κ1) is 21.8. The van der Waals surface area contributed by atoms with Gasteiger partial charge in [0.2, 0.25) is 0 Å². The highest BCUT2D eigenvalue weighted by molar-refractivity contribution is 6.05. The summed E-state index contributed by atoms with van der Waals surface area (Å²) in [5, 5.41) is 5.34. The highest BCUT2D eigenvalue weighted by Gasteiger charge is 2.30. The summed E-state index contributed by atoms with van der Waals surface area (Å²) in [7, 11) is 0. The number of carbonyl (C=O) groups is 2. The molecule has 0 aliphatic heterocycles. The topological polar surface area (TPSA) is 84.2 Å². The number of hydrogen-bond acceptors (Lipinski definition) is 4. The summed E-state index contributed by atoms with van der Waals surface area (Å²) in [6.45, 7) is 0. The van der Waals surface area contributed by atoms with E-state index in [0.29, 0.717) is 16.9 Å². The van der Waals surface area contributed by atoms with Gasteiger partial charge < -0.3 is 15.1 Å². The third-order valence-corrected chi connectivity index (χ3v) is 4.61. The lowest BCUT2D eigenvalue weighted by Gasteiger charge is -2.08. The molecule has 4 rings (SSSR count). The standard InChI is InChI=1S/C24H16F3N3O3/c25-24(26,27)17-6-1-4-15(12-17)20-9-10-21(33-20)23(32)30-19-8-2-7-18(13-19)29-22(31)16-5-3-11-28-14-16/h1-14H,(H,29,31)(H,30,32). The van der Waals surface area contributed by atoms with Gasteiger partial charge in [0.05, 0.1) is 11.1 Å². The van der Waals surface area contributed by atoms with Crippen molar-refractivity contribution in [1.82, 2.24) is 4.98 Å². The quantitative estimate of drug-likeness (QED) is 0.398. The first-order valence-electron chi connectivity index (χ1n) is 9.70. The van der Waals surface area contributed by atoms with Crippen LogP contribution in [0.1, 0.15) is 26.5 Å². The van der Waals surface area contributed by atoms with E-state index in [0.717, 1.165) is 12.1 Å². The second kappa shape index (κ2) is 8.99. The van der Waals surface area contributed by atoms with E-state index >= 15 is 0 Å². The fourth-order valence-electron chi connectivity index (χ4n) is 3.03. The number of anilines is 2. The second-order valence-electron chi connectivity index (χ2n) is 6.97. The van der Waals surface area contributed by atoms with Crippen molar-refractivity contribution in [1.29, 1.82) is 0 Å². The molecule has 2 aromatic heterocycles. The zero-order valence-corrected chi connectivity index (χ0v) is 16.9. The number of benzene rings is 2. The highest BCUT2D eigenvalue weighted by Crippen LogP contribution is 2.32. The maximum Gasteiger partial charge on any atom is 0.416 e. The summed E-state index contributed by atoms with van der Waals surface area (Å²) in [6, 6.07) is 17.2. The van der Waals surface area contributed by atoms with Gasteiger partial charge in [-0.2, -0.15) is 13.2 Å². The third-order valence-electron chi connectivity index (χ3n) is 4.61. The minimum atomic E-state index is -4.49. The monoisotopic (exact) mass is 451 g/mol. The van der Waals surface area contributed by atoms with Gasteiger partial charge in [0.15, 0.2) is 5.76 Å². The van der Waals surface area contributed by atoms with E-state index in [2.05, 4.69) is 15.6 Å². The number of amides is 2. The number of hydrogen-bond donors (Lipinski definition) is 2. The van der Waals surface area contributed by atoms with Crippen LogP contribution in [0.2, 0.25) is 0 Å². The molecule has 0 bridgehead atoms. The molecule has 2 amide bonds. The lowest BCUT2D eigenvalue weighted by atomic mass is 10.1. The van der Waals surface area contributed by atoms with Crippen LogP contribution in [-0.4, -0.2) is 16.8 Å². The number of halogens is 3. The first-order chi connectivity index (χ1) is 15.8. The molecular formula is C24H16F3N3O3. The zero-order chi connectivity index (χ0) is 23.4. The highest BCUT2D eigenvalue weighted by atomic mass is 19.4. The minimum Gasteiger partial charge on any atom is -0.451 e. The first-order valence-corrected chi connectivity index (χ1v) is 9.70. The predicted octanol–water partition coefficient (Wildman–Crippen LogP) is 5.87. The Balaban J connectivity index is 1.46. The van der Waals surface area contributed by atoms with Gasteiger partial charge in [-0.3, -0.25) is 14.6 Å². The number of aromatic nitrogens is 1. The van der Waals surface area contributed by atoms with E-state index < -0.39 is 17.6 Å². The van der Waals surface area contributed by atoms with E-state index in [1.807, 2.05) is 0 Å². The van der Waals surface area contributed by atoms with Crippen LogP contribution in [0.4, 0.5) is 24.5 Å². The summed E-state index contributed by atoms with van der Waals surface area (Å²) in [4.78, 5) is 28.7. The van der Waals surface area contributed by atoms with Gasteiger partial charge in [-0.15, -0.1) is 0 Å². The number of rotatable bonds is 5. The van der Waals surface area contributed by atoms with Crippen LogP contribution in [0.3, 0.4) is 0 Å². The molecule has 0 aliphatic rings. The Hall–Kier alpha value is -4.40. The Morgan fingerprint density at radius 2 is 1.55 bits per heavy atom. The van der Waals surface area contributed by atoms with Crippen molar-refractivity contribution in [3.8, 4) is 11.3 Å². The number of alkyl halides is 3. The maximum atomic E-state index is 12.9. The Morgan fingerprint density at radius 1 is 0.818 bits per heavy atom. The van der Waals surface area contributed by atoms with Crippen LogP contribution in [0.5, 0.6) is 0 Å². The van der Waals surface area contributed by atoms with Gasteiger partial charge in [-0.05, 0) is 54.6 Å². The van der Waals surface area contributed by atoms with Crippen molar-refractivity contribution < 1.29 is 27.2 Å². The lowest BCUT2D eigenvalue weighted by molar-refractivity contribution is -0.137. The van der Waals surface area contributed by atoms with Crippen molar-refractivity contribution in [3.63, 3.8) is 0 Å². The summed E-state index contributed by atoms with van der Waals surface area (Å²) in [5.74, 6) is -0.900. The third kappa shape index (κ3) is 5.27. The number of nitrogens with zero attached hydrogens (tertiary/aromatic N) is 1. The molecule has 9 heteroatoms. The van der Waals surface area contributed by atoms with Gasteiger partial charge in [-0.25, -0.2) is 0 Å². The molecule has 33 heavy (non-hydrogen) atoms. The van der Waals surface area contributed by atoms with E-state index in [4.69, 9.17) is 4.42 Å². The average molecular weight is 451 g/mol. The zero-order valence-electron chi connectivity index (χ0n) is 16.9. The average Bonchev–Trinajstić information content (AvgIpc) is 3.30. The van der Waals surface area contributed by atoms with Crippen LogP contribution in [0.15, 0.2) is 89.6 Å². The van der Waals surface area contributed by atoms with E-state index in [-0.39, 0.29) is 23.0 Å². The molecule has 166 valence electrons. The Morgan fingerprint density at radius 3 is 2.24 bits per heavy atom. The molecule has 0 saturated carbocycles. The molecular weight excluding hydrogens is 435 g/mol.